The van der Waals surface area contributed by atoms with Gasteiger partial charge in [0.15, 0.2) is 5.69 Å². The number of hydrogen-bond acceptors (Lipinski definition) is 5. The smallest absolute Gasteiger partial charge is 0.357 e. The van der Waals surface area contributed by atoms with Crippen LogP contribution in [0, 0.1) is 5.92 Å². The molecule has 0 bridgehead atoms. The van der Waals surface area contributed by atoms with Crippen molar-refractivity contribution in [1.82, 2.24) is 9.88 Å². The molecule has 6 nitrogen and oxygen atoms in total. The molecule has 0 saturated heterocycles. The Morgan fingerprint density at radius 1 is 1.33 bits per heavy atom. The first-order valence-corrected chi connectivity index (χ1v) is 7.95. The number of rotatable bonds is 8. The molecule has 2 rings (SSSR count). The lowest BCUT2D eigenvalue weighted by molar-refractivity contribution is 0.0690. The average Bonchev–Trinajstić information content (AvgIpc) is 3.02. The molecule has 1 N–H and O–H groups in total. The zero-order chi connectivity index (χ0) is 17.7. The van der Waals surface area contributed by atoms with Crippen LogP contribution in [0.5, 0.6) is 5.75 Å². The van der Waals surface area contributed by atoms with Gasteiger partial charge in [-0.3, -0.25) is 4.90 Å². The molecule has 0 aliphatic carbocycles. The summed E-state index contributed by atoms with van der Waals surface area (Å²) < 4.78 is 10.6. The fraction of sp³-hybridized carbons (Fsp3) is 0.444. The van der Waals surface area contributed by atoms with E-state index in [1.807, 2.05) is 24.3 Å². The second kappa shape index (κ2) is 7.97. The van der Waals surface area contributed by atoms with E-state index in [1.165, 1.54) is 6.26 Å². The monoisotopic (exact) mass is 332 g/mol. The van der Waals surface area contributed by atoms with E-state index < -0.39 is 5.97 Å². The topological polar surface area (TPSA) is 75.8 Å². The molecule has 24 heavy (non-hydrogen) atoms. The Kier molecular flexibility index (Phi) is 5.98. The summed E-state index contributed by atoms with van der Waals surface area (Å²) in [5.41, 5.74) is 1.05. The van der Waals surface area contributed by atoms with Gasteiger partial charge in [-0.25, -0.2) is 9.78 Å². The summed E-state index contributed by atoms with van der Waals surface area (Å²) in [5, 5.41) is 8.97. The summed E-state index contributed by atoms with van der Waals surface area (Å²) in [6, 6.07) is 8.18. The molecule has 0 amide bonds. The van der Waals surface area contributed by atoms with Gasteiger partial charge in [-0.2, -0.15) is 0 Å². The molecule has 0 aliphatic heterocycles. The van der Waals surface area contributed by atoms with Gasteiger partial charge in [0.2, 0.25) is 5.89 Å². The third-order valence-electron chi connectivity index (χ3n) is 4.17. The number of carboxylic acids is 1. The largest absolute Gasteiger partial charge is 0.497 e. The number of nitrogens with zero attached hydrogens (tertiary/aromatic N) is 2. The summed E-state index contributed by atoms with van der Waals surface area (Å²) >= 11 is 0. The first kappa shape index (κ1) is 18.0. The van der Waals surface area contributed by atoms with Crippen LogP contribution in [0.3, 0.4) is 0 Å². The fourth-order valence-corrected chi connectivity index (χ4v) is 2.43. The number of aromatic nitrogens is 1. The number of oxazole rings is 1. The van der Waals surface area contributed by atoms with Gasteiger partial charge >= 0.3 is 5.97 Å². The highest BCUT2D eigenvalue weighted by Gasteiger charge is 2.21. The summed E-state index contributed by atoms with van der Waals surface area (Å²) in [6.07, 6.45) is 1.18. The molecule has 1 heterocycles. The van der Waals surface area contributed by atoms with Crippen LogP contribution in [0.25, 0.3) is 0 Å². The van der Waals surface area contributed by atoms with E-state index in [4.69, 9.17) is 14.3 Å². The standard InChI is InChI=1S/C18H24N2O4/c1-12(2)13(3)20(9-14-6-5-7-15(8-14)23-4)10-17-19-16(11-24-17)18(21)22/h5-8,11-13H,9-10H2,1-4H3,(H,21,22). The molecule has 0 aliphatic rings. The summed E-state index contributed by atoms with van der Waals surface area (Å²) in [5.74, 6) is 0.572. The number of aromatic carboxylic acids is 1. The van der Waals surface area contributed by atoms with Crippen molar-refractivity contribution in [2.24, 2.45) is 5.92 Å². The Hall–Kier alpha value is -2.34. The maximum absolute atomic E-state index is 11.0. The van der Waals surface area contributed by atoms with Crippen LogP contribution in [-0.4, -0.2) is 34.1 Å². The zero-order valence-corrected chi connectivity index (χ0v) is 14.5. The van der Waals surface area contributed by atoms with Crippen LogP contribution in [0.15, 0.2) is 34.9 Å². The molecule has 0 spiro atoms. The number of benzene rings is 1. The lowest BCUT2D eigenvalue weighted by Gasteiger charge is -2.30. The van der Waals surface area contributed by atoms with E-state index in [0.29, 0.717) is 24.9 Å². The number of ether oxygens (including phenoxy) is 1. The fourth-order valence-electron chi connectivity index (χ4n) is 2.43. The molecule has 1 unspecified atom stereocenters. The van der Waals surface area contributed by atoms with Crippen molar-refractivity contribution in [3.8, 4) is 5.75 Å². The molecule has 0 saturated carbocycles. The molecular weight excluding hydrogens is 308 g/mol. The Balaban J connectivity index is 2.18. The molecule has 1 aromatic carbocycles. The van der Waals surface area contributed by atoms with Gasteiger partial charge in [0, 0.05) is 12.6 Å². The molecule has 1 aromatic heterocycles. The third-order valence-corrected chi connectivity index (χ3v) is 4.17. The highest BCUT2D eigenvalue weighted by Crippen LogP contribution is 2.20. The van der Waals surface area contributed by atoms with Crippen molar-refractivity contribution < 1.29 is 19.1 Å². The Morgan fingerprint density at radius 3 is 2.67 bits per heavy atom. The number of methoxy groups -OCH3 is 1. The van der Waals surface area contributed by atoms with Crippen molar-refractivity contribution >= 4 is 5.97 Å². The third kappa shape index (κ3) is 4.58. The van der Waals surface area contributed by atoms with Crippen molar-refractivity contribution in [2.75, 3.05) is 7.11 Å². The molecule has 0 radical (unpaired) electrons. The summed E-state index contributed by atoms with van der Waals surface area (Å²) in [6.45, 7) is 7.60. The summed E-state index contributed by atoms with van der Waals surface area (Å²) in [7, 11) is 1.65. The SMILES string of the molecule is COc1cccc(CN(Cc2nc(C(=O)O)co2)C(C)C(C)C)c1. The molecule has 6 heteroatoms. The molecule has 2 aromatic rings. The zero-order valence-electron chi connectivity index (χ0n) is 14.5. The minimum Gasteiger partial charge on any atom is -0.497 e. The lowest BCUT2D eigenvalue weighted by atomic mass is 10.0. The van der Waals surface area contributed by atoms with E-state index in [9.17, 15) is 4.79 Å². The van der Waals surface area contributed by atoms with Crippen molar-refractivity contribution in [3.63, 3.8) is 0 Å². The van der Waals surface area contributed by atoms with Crippen LogP contribution in [0.4, 0.5) is 0 Å². The van der Waals surface area contributed by atoms with E-state index in [1.54, 1.807) is 7.11 Å². The van der Waals surface area contributed by atoms with E-state index in [-0.39, 0.29) is 11.7 Å². The van der Waals surface area contributed by atoms with E-state index in [0.717, 1.165) is 11.3 Å². The van der Waals surface area contributed by atoms with Gasteiger partial charge in [0.1, 0.15) is 12.0 Å². The molecular formula is C18H24N2O4. The maximum Gasteiger partial charge on any atom is 0.357 e. The number of carboxylic acid groups (broad SMARTS) is 1. The van der Waals surface area contributed by atoms with Gasteiger partial charge in [-0.15, -0.1) is 0 Å². The van der Waals surface area contributed by atoms with Crippen molar-refractivity contribution in [1.29, 1.82) is 0 Å². The lowest BCUT2D eigenvalue weighted by Crippen LogP contribution is -2.35. The Labute approximate surface area is 142 Å². The second-order valence-electron chi connectivity index (χ2n) is 6.17. The average molecular weight is 332 g/mol. The number of carbonyl (C=O) groups is 1. The van der Waals surface area contributed by atoms with Crippen LogP contribution >= 0.6 is 0 Å². The normalized spacial score (nSPS) is 12.6. The van der Waals surface area contributed by atoms with Crippen LogP contribution in [0.2, 0.25) is 0 Å². The van der Waals surface area contributed by atoms with Crippen LogP contribution in [-0.2, 0) is 13.1 Å². The van der Waals surface area contributed by atoms with E-state index in [2.05, 4.69) is 30.7 Å². The molecule has 1 atom stereocenters. The highest BCUT2D eigenvalue weighted by molar-refractivity contribution is 5.84. The molecule has 130 valence electrons. The van der Waals surface area contributed by atoms with Gasteiger partial charge in [-0.1, -0.05) is 26.0 Å². The van der Waals surface area contributed by atoms with E-state index >= 15 is 0 Å². The molecule has 0 fully saturated rings. The summed E-state index contributed by atoms with van der Waals surface area (Å²) in [4.78, 5) is 17.2. The Morgan fingerprint density at radius 2 is 2.08 bits per heavy atom. The van der Waals surface area contributed by atoms with Crippen molar-refractivity contribution in [3.05, 3.63) is 47.7 Å². The maximum atomic E-state index is 11.0. The first-order chi connectivity index (χ1) is 11.4. The Bertz CT molecular complexity index is 681. The first-order valence-electron chi connectivity index (χ1n) is 7.95. The predicted octanol–water partition coefficient (Wildman–Crippen LogP) is 3.43. The van der Waals surface area contributed by atoms with Gasteiger partial charge in [0.25, 0.3) is 0 Å². The highest BCUT2D eigenvalue weighted by atomic mass is 16.5. The quantitative estimate of drug-likeness (QED) is 0.798. The minimum absolute atomic E-state index is 0.0662. The van der Waals surface area contributed by atoms with Gasteiger partial charge < -0.3 is 14.3 Å². The second-order valence-corrected chi connectivity index (χ2v) is 6.17. The number of hydrogen-bond donors (Lipinski definition) is 1. The van der Waals surface area contributed by atoms with Gasteiger partial charge in [-0.05, 0) is 30.5 Å². The predicted molar refractivity (Wildman–Crippen MR) is 90.0 cm³/mol. The van der Waals surface area contributed by atoms with Gasteiger partial charge in [0.05, 0.1) is 13.7 Å². The minimum atomic E-state index is -1.08. The van der Waals surface area contributed by atoms with Crippen molar-refractivity contribution in [2.45, 2.75) is 39.9 Å². The van der Waals surface area contributed by atoms with Crippen LogP contribution < -0.4 is 4.74 Å². The van der Waals surface area contributed by atoms with Crippen LogP contribution in [0.1, 0.15) is 42.7 Å².